The highest BCUT2D eigenvalue weighted by atomic mass is 16.7. The van der Waals surface area contributed by atoms with Crippen LogP contribution in [0.2, 0.25) is 0 Å². The lowest BCUT2D eigenvalue weighted by molar-refractivity contribution is -0.280. The molecule has 28 heavy (non-hydrogen) atoms. The van der Waals surface area contributed by atoms with Crippen LogP contribution in [0.1, 0.15) is 27.2 Å². The van der Waals surface area contributed by atoms with E-state index in [0.717, 1.165) is 11.1 Å². The van der Waals surface area contributed by atoms with Gasteiger partial charge in [-0.25, -0.2) is 0 Å². The van der Waals surface area contributed by atoms with Crippen molar-refractivity contribution in [1.82, 2.24) is 0 Å². The van der Waals surface area contributed by atoms with E-state index in [2.05, 4.69) is 0 Å². The topological polar surface area (TPSA) is 123 Å². The standard InChI is InChI=1S/C20H26O8/c1-7-4-11(21)15-9(3)13(27-20-17(24)16(23)12(22)6-26-20)5-10-8(2)19(25)28-18(10)14(7)15/h4,8,10,12-14,16-18,20,22-24H,5-6H2,1-3H3. The van der Waals surface area contributed by atoms with Gasteiger partial charge >= 0.3 is 5.97 Å². The van der Waals surface area contributed by atoms with Gasteiger partial charge in [0.25, 0.3) is 0 Å². The van der Waals surface area contributed by atoms with E-state index in [1.807, 2.05) is 20.8 Å². The lowest BCUT2D eigenvalue weighted by Gasteiger charge is -2.37. The van der Waals surface area contributed by atoms with Crippen LogP contribution in [0.5, 0.6) is 0 Å². The maximum atomic E-state index is 12.6. The van der Waals surface area contributed by atoms with Gasteiger partial charge < -0.3 is 29.5 Å². The molecule has 8 nitrogen and oxygen atoms in total. The Balaban J connectivity index is 1.67. The highest BCUT2D eigenvalue weighted by Crippen LogP contribution is 2.48. The molecule has 8 heteroatoms. The quantitative estimate of drug-likeness (QED) is 0.553. The molecule has 2 saturated heterocycles. The van der Waals surface area contributed by atoms with Gasteiger partial charge in [0.1, 0.15) is 24.4 Å². The van der Waals surface area contributed by atoms with Crippen LogP contribution < -0.4 is 0 Å². The summed E-state index contributed by atoms with van der Waals surface area (Å²) in [5.41, 5.74) is 2.16. The van der Waals surface area contributed by atoms with Crippen LogP contribution in [-0.2, 0) is 23.8 Å². The zero-order valence-electron chi connectivity index (χ0n) is 16.1. The minimum absolute atomic E-state index is 0.120. The molecular formula is C20H26O8. The van der Waals surface area contributed by atoms with Crippen molar-refractivity contribution in [2.24, 2.45) is 17.8 Å². The van der Waals surface area contributed by atoms with Gasteiger partial charge in [0.05, 0.1) is 18.6 Å². The molecule has 0 amide bonds. The van der Waals surface area contributed by atoms with Crippen molar-refractivity contribution in [3.63, 3.8) is 0 Å². The Hall–Kier alpha value is -1.58. The molecule has 0 aromatic carbocycles. The largest absolute Gasteiger partial charge is 0.461 e. The van der Waals surface area contributed by atoms with Crippen molar-refractivity contribution in [2.45, 2.75) is 64.0 Å². The fourth-order valence-corrected chi connectivity index (χ4v) is 4.88. The van der Waals surface area contributed by atoms with Gasteiger partial charge in [-0.15, -0.1) is 0 Å². The second kappa shape index (κ2) is 7.03. The molecule has 2 aliphatic heterocycles. The summed E-state index contributed by atoms with van der Waals surface area (Å²) in [7, 11) is 0. The van der Waals surface area contributed by atoms with Crippen molar-refractivity contribution in [2.75, 3.05) is 6.61 Å². The first-order chi connectivity index (χ1) is 13.2. The number of hydrogen-bond acceptors (Lipinski definition) is 8. The molecule has 2 aliphatic carbocycles. The summed E-state index contributed by atoms with van der Waals surface area (Å²) in [6, 6.07) is 0. The number of esters is 1. The van der Waals surface area contributed by atoms with Crippen molar-refractivity contribution in [3.8, 4) is 0 Å². The summed E-state index contributed by atoms with van der Waals surface area (Å²) >= 11 is 0. The Morgan fingerprint density at radius 2 is 1.86 bits per heavy atom. The molecule has 3 N–H and O–H groups in total. The average Bonchev–Trinajstić information content (AvgIpc) is 3.05. The molecule has 0 saturated carbocycles. The van der Waals surface area contributed by atoms with Crippen molar-refractivity contribution in [3.05, 3.63) is 22.8 Å². The number of allylic oxidation sites excluding steroid dienone is 1. The number of aliphatic hydroxyl groups is 3. The number of carbonyl (C=O) groups is 2. The summed E-state index contributed by atoms with van der Waals surface area (Å²) in [6.45, 7) is 5.32. The Labute approximate surface area is 162 Å². The third-order valence-corrected chi connectivity index (χ3v) is 6.59. The zero-order valence-corrected chi connectivity index (χ0v) is 16.1. The van der Waals surface area contributed by atoms with E-state index in [4.69, 9.17) is 14.2 Å². The van der Waals surface area contributed by atoms with Gasteiger partial charge in [-0.05, 0) is 31.9 Å². The van der Waals surface area contributed by atoms with Gasteiger partial charge in [-0.1, -0.05) is 12.5 Å². The molecule has 0 spiro atoms. The van der Waals surface area contributed by atoms with E-state index in [-0.39, 0.29) is 36.1 Å². The molecule has 2 fully saturated rings. The number of rotatable bonds is 2. The van der Waals surface area contributed by atoms with E-state index < -0.39 is 36.8 Å². The molecule has 154 valence electrons. The zero-order chi connectivity index (χ0) is 20.3. The lowest BCUT2D eigenvalue weighted by atomic mass is 9.81. The molecule has 0 aromatic heterocycles. The predicted octanol–water partition coefficient (Wildman–Crippen LogP) is -0.146. The van der Waals surface area contributed by atoms with Crippen molar-refractivity contribution < 1.29 is 39.1 Å². The summed E-state index contributed by atoms with van der Waals surface area (Å²) in [5.74, 6) is -1.18. The molecule has 4 aliphatic rings. The minimum Gasteiger partial charge on any atom is -0.461 e. The predicted molar refractivity (Wildman–Crippen MR) is 94.7 cm³/mol. The summed E-state index contributed by atoms with van der Waals surface area (Å²) < 4.78 is 17.0. The van der Waals surface area contributed by atoms with Gasteiger partial charge in [-0.2, -0.15) is 0 Å². The first-order valence-electron chi connectivity index (χ1n) is 9.65. The highest BCUT2D eigenvalue weighted by Gasteiger charge is 2.53. The first kappa shape index (κ1) is 19.7. The molecule has 9 unspecified atom stereocenters. The third kappa shape index (κ3) is 2.95. The molecule has 0 aromatic rings. The van der Waals surface area contributed by atoms with Crippen molar-refractivity contribution in [1.29, 1.82) is 0 Å². The van der Waals surface area contributed by atoms with Crippen LogP contribution >= 0.6 is 0 Å². The molecule has 0 bridgehead atoms. The molecule has 2 heterocycles. The minimum atomic E-state index is -1.42. The second-order valence-electron chi connectivity index (χ2n) is 8.29. The molecule has 0 radical (unpaired) electrons. The van der Waals surface area contributed by atoms with Gasteiger partial charge in [0.15, 0.2) is 12.1 Å². The van der Waals surface area contributed by atoms with E-state index in [1.165, 1.54) is 0 Å². The first-order valence-corrected chi connectivity index (χ1v) is 9.65. The summed E-state index contributed by atoms with van der Waals surface area (Å²) in [5, 5.41) is 29.8. The maximum absolute atomic E-state index is 12.6. The number of hydrogen-bond donors (Lipinski definition) is 3. The Bertz CT molecular complexity index is 755. The molecule has 9 atom stereocenters. The van der Waals surface area contributed by atoms with Gasteiger partial charge in [-0.3, -0.25) is 9.59 Å². The molecular weight excluding hydrogens is 368 g/mol. The van der Waals surface area contributed by atoms with E-state index >= 15 is 0 Å². The lowest BCUT2D eigenvalue weighted by Crippen LogP contribution is -2.54. The highest BCUT2D eigenvalue weighted by molar-refractivity contribution is 6.09. The van der Waals surface area contributed by atoms with Crippen LogP contribution in [0.3, 0.4) is 0 Å². The van der Waals surface area contributed by atoms with Crippen LogP contribution in [0, 0.1) is 17.8 Å². The number of ether oxygens (including phenoxy) is 3. The Kier molecular flexibility index (Phi) is 4.96. The number of aliphatic hydroxyl groups excluding tert-OH is 3. The van der Waals surface area contributed by atoms with Crippen molar-refractivity contribution >= 4 is 11.8 Å². The van der Waals surface area contributed by atoms with Crippen LogP contribution in [-0.4, -0.2) is 70.5 Å². The van der Waals surface area contributed by atoms with Gasteiger partial charge in [0.2, 0.25) is 0 Å². The molecule has 4 rings (SSSR count). The number of ketones is 1. The SMILES string of the molecule is CC1=CC(=O)C2=C(C)C(OC3OCC(O)C(O)C3O)CC3C(C)C(=O)OC3C12. The average molecular weight is 394 g/mol. The normalized spacial score (nSPS) is 46.1. The Morgan fingerprint density at radius 3 is 2.57 bits per heavy atom. The fraction of sp³-hybridized carbons (Fsp3) is 0.700. The smallest absolute Gasteiger partial charge is 0.309 e. The van der Waals surface area contributed by atoms with Crippen LogP contribution in [0.15, 0.2) is 22.8 Å². The third-order valence-electron chi connectivity index (χ3n) is 6.59. The van der Waals surface area contributed by atoms with Gasteiger partial charge in [0, 0.05) is 17.4 Å². The number of carbonyl (C=O) groups excluding carboxylic acids is 2. The van der Waals surface area contributed by atoms with E-state index in [9.17, 15) is 24.9 Å². The van der Waals surface area contributed by atoms with Crippen LogP contribution in [0.4, 0.5) is 0 Å². The fourth-order valence-electron chi connectivity index (χ4n) is 4.88. The second-order valence-corrected chi connectivity index (χ2v) is 8.29. The summed E-state index contributed by atoms with van der Waals surface area (Å²) in [6.07, 6.45) is -4.15. The van der Waals surface area contributed by atoms with Crippen LogP contribution in [0.25, 0.3) is 0 Å². The van der Waals surface area contributed by atoms with E-state index in [1.54, 1.807) is 6.08 Å². The number of fused-ring (bicyclic) bond motifs is 3. The monoisotopic (exact) mass is 394 g/mol. The summed E-state index contributed by atoms with van der Waals surface area (Å²) in [4.78, 5) is 24.9. The maximum Gasteiger partial charge on any atom is 0.309 e. The van der Waals surface area contributed by atoms with E-state index in [0.29, 0.717) is 12.0 Å². The Morgan fingerprint density at radius 1 is 1.14 bits per heavy atom.